The van der Waals surface area contributed by atoms with Gasteiger partial charge in [0.2, 0.25) is 5.90 Å². The number of benzene rings is 1. The van der Waals surface area contributed by atoms with Crippen molar-refractivity contribution in [2.45, 2.75) is 13.0 Å². The number of rotatable bonds is 2. The van der Waals surface area contributed by atoms with Crippen LogP contribution in [0.5, 0.6) is 0 Å². The van der Waals surface area contributed by atoms with E-state index in [4.69, 9.17) is 16.3 Å². The van der Waals surface area contributed by atoms with Gasteiger partial charge in [0.1, 0.15) is 17.5 Å². The molecule has 4 heteroatoms. The Balaban J connectivity index is 1.88. The second-order valence-corrected chi connectivity index (χ2v) is 5.59. The van der Waals surface area contributed by atoms with Gasteiger partial charge < -0.3 is 4.74 Å². The minimum absolute atomic E-state index is 0.0822. The lowest BCUT2D eigenvalue weighted by Gasteiger charge is -2.04. The molecule has 1 aromatic carbocycles. The molecule has 0 aliphatic carbocycles. The highest BCUT2D eigenvalue weighted by atomic mass is 35.5. The van der Waals surface area contributed by atoms with Crippen LogP contribution in [-0.2, 0) is 4.74 Å². The van der Waals surface area contributed by atoms with Crippen molar-refractivity contribution in [2.75, 3.05) is 6.61 Å². The smallest absolute Gasteiger partial charge is 0.228 e. The van der Waals surface area contributed by atoms with Gasteiger partial charge in [0.05, 0.1) is 5.02 Å². The molecule has 1 atom stereocenters. The second-order valence-electron chi connectivity index (χ2n) is 4.27. The largest absolute Gasteiger partial charge is 0.474 e. The molecular weight excluding hydrogens is 266 g/mol. The first-order valence-electron chi connectivity index (χ1n) is 5.74. The number of hydrogen-bond acceptors (Lipinski definition) is 3. The molecule has 1 aromatic heterocycles. The molecule has 0 saturated heterocycles. The van der Waals surface area contributed by atoms with E-state index < -0.39 is 0 Å². The van der Waals surface area contributed by atoms with Crippen LogP contribution in [0.4, 0.5) is 0 Å². The van der Waals surface area contributed by atoms with Gasteiger partial charge in [-0.2, -0.15) is 0 Å². The molecule has 1 unspecified atom stereocenters. The first kappa shape index (κ1) is 11.8. The highest BCUT2D eigenvalue weighted by Crippen LogP contribution is 2.30. The maximum atomic E-state index is 6.08. The standard InChI is InChI=1S/C14H12ClNOS/c1-9-2-4-10(5-3-9)12-8-17-14(16-12)13-11(15)6-7-18-13/h2-7,12H,8H2,1H3. The van der Waals surface area contributed by atoms with Crippen molar-refractivity contribution >= 4 is 28.8 Å². The minimum Gasteiger partial charge on any atom is -0.474 e. The van der Waals surface area contributed by atoms with Gasteiger partial charge >= 0.3 is 0 Å². The monoisotopic (exact) mass is 277 g/mol. The van der Waals surface area contributed by atoms with Crippen molar-refractivity contribution in [3.8, 4) is 0 Å². The Kier molecular flexibility index (Phi) is 3.10. The number of hydrogen-bond donors (Lipinski definition) is 0. The van der Waals surface area contributed by atoms with Crippen LogP contribution in [0, 0.1) is 6.92 Å². The van der Waals surface area contributed by atoms with Gasteiger partial charge in [0.15, 0.2) is 0 Å². The number of aryl methyl sites for hydroxylation is 1. The summed E-state index contributed by atoms with van der Waals surface area (Å²) >= 11 is 7.64. The number of aliphatic imine (C=N–C) groups is 1. The minimum atomic E-state index is 0.0822. The van der Waals surface area contributed by atoms with Crippen molar-refractivity contribution in [1.29, 1.82) is 0 Å². The quantitative estimate of drug-likeness (QED) is 0.805. The van der Waals surface area contributed by atoms with E-state index in [-0.39, 0.29) is 6.04 Å². The zero-order valence-electron chi connectivity index (χ0n) is 9.89. The fourth-order valence-electron chi connectivity index (χ4n) is 1.90. The maximum Gasteiger partial charge on any atom is 0.228 e. The van der Waals surface area contributed by atoms with Gasteiger partial charge in [0, 0.05) is 0 Å². The first-order chi connectivity index (χ1) is 8.74. The van der Waals surface area contributed by atoms with E-state index in [1.54, 1.807) is 11.3 Å². The molecule has 0 N–H and O–H groups in total. The summed E-state index contributed by atoms with van der Waals surface area (Å²) in [5, 5.41) is 2.66. The summed E-state index contributed by atoms with van der Waals surface area (Å²) in [7, 11) is 0. The summed E-state index contributed by atoms with van der Waals surface area (Å²) in [6.45, 7) is 2.67. The highest BCUT2D eigenvalue weighted by Gasteiger charge is 2.23. The second kappa shape index (κ2) is 4.75. The van der Waals surface area contributed by atoms with Crippen LogP contribution < -0.4 is 0 Å². The summed E-state index contributed by atoms with van der Waals surface area (Å²) < 4.78 is 5.65. The number of halogens is 1. The van der Waals surface area contributed by atoms with Crippen LogP contribution >= 0.6 is 22.9 Å². The van der Waals surface area contributed by atoms with Crippen LogP contribution in [0.15, 0.2) is 40.7 Å². The third-order valence-corrected chi connectivity index (χ3v) is 4.25. The molecule has 0 bridgehead atoms. The Morgan fingerprint density at radius 3 is 2.72 bits per heavy atom. The molecule has 18 heavy (non-hydrogen) atoms. The number of nitrogens with zero attached hydrogens (tertiary/aromatic N) is 1. The SMILES string of the molecule is Cc1ccc(C2COC(c3sccc3Cl)=N2)cc1. The predicted molar refractivity (Wildman–Crippen MR) is 75.7 cm³/mol. The molecule has 92 valence electrons. The molecule has 0 fully saturated rings. The normalized spacial score (nSPS) is 18.6. The summed E-state index contributed by atoms with van der Waals surface area (Å²) in [5.41, 5.74) is 2.44. The Labute approximate surface area is 115 Å². The average Bonchev–Trinajstić information content (AvgIpc) is 2.98. The van der Waals surface area contributed by atoms with E-state index in [1.807, 2.05) is 11.4 Å². The van der Waals surface area contributed by atoms with Gasteiger partial charge in [0.25, 0.3) is 0 Å². The van der Waals surface area contributed by atoms with E-state index >= 15 is 0 Å². The van der Waals surface area contributed by atoms with Gasteiger partial charge in [-0.05, 0) is 23.9 Å². The van der Waals surface area contributed by atoms with Crippen LogP contribution in [0.2, 0.25) is 5.02 Å². The molecular formula is C14H12ClNOS. The Hall–Kier alpha value is -1.32. The molecule has 1 aliphatic heterocycles. The Morgan fingerprint density at radius 2 is 2.06 bits per heavy atom. The summed E-state index contributed by atoms with van der Waals surface area (Å²) in [6.07, 6.45) is 0. The van der Waals surface area contributed by atoms with Crippen molar-refractivity contribution in [3.05, 3.63) is 56.7 Å². The first-order valence-corrected chi connectivity index (χ1v) is 7.00. The summed E-state index contributed by atoms with van der Waals surface area (Å²) in [5.74, 6) is 0.667. The summed E-state index contributed by atoms with van der Waals surface area (Å²) in [4.78, 5) is 5.53. The maximum absolute atomic E-state index is 6.08. The van der Waals surface area contributed by atoms with E-state index in [1.165, 1.54) is 11.1 Å². The topological polar surface area (TPSA) is 21.6 Å². The fourth-order valence-corrected chi connectivity index (χ4v) is 2.99. The molecule has 0 amide bonds. The molecule has 2 heterocycles. The fraction of sp³-hybridized carbons (Fsp3) is 0.214. The van der Waals surface area contributed by atoms with Crippen molar-refractivity contribution in [3.63, 3.8) is 0 Å². The van der Waals surface area contributed by atoms with E-state index in [2.05, 4.69) is 36.2 Å². The van der Waals surface area contributed by atoms with Crippen molar-refractivity contribution < 1.29 is 4.74 Å². The van der Waals surface area contributed by atoms with Gasteiger partial charge in [-0.3, -0.25) is 0 Å². The molecule has 1 aliphatic rings. The van der Waals surface area contributed by atoms with Crippen molar-refractivity contribution in [1.82, 2.24) is 0 Å². The average molecular weight is 278 g/mol. The molecule has 0 radical (unpaired) electrons. The highest BCUT2D eigenvalue weighted by molar-refractivity contribution is 7.12. The molecule has 0 spiro atoms. The van der Waals surface area contributed by atoms with Crippen molar-refractivity contribution in [2.24, 2.45) is 4.99 Å². The number of thiophene rings is 1. The molecule has 2 aromatic rings. The zero-order chi connectivity index (χ0) is 12.5. The Bertz CT molecular complexity index is 588. The Morgan fingerprint density at radius 1 is 1.28 bits per heavy atom. The van der Waals surface area contributed by atoms with Crippen LogP contribution in [0.3, 0.4) is 0 Å². The predicted octanol–water partition coefficient (Wildman–Crippen LogP) is 4.23. The van der Waals surface area contributed by atoms with Crippen LogP contribution in [0.1, 0.15) is 22.0 Å². The third-order valence-electron chi connectivity index (χ3n) is 2.92. The lowest BCUT2D eigenvalue weighted by molar-refractivity contribution is 0.320. The summed E-state index contributed by atoms with van der Waals surface area (Å²) in [6, 6.07) is 10.4. The lowest BCUT2D eigenvalue weighted by Crippen LogP contribution is -1.99. The van der Waals surface area contributed by atoms with E-state index in [0.717, 1.165) is 4.88 Å². The van der Waals surface area contributed by atoms with Crippen LogP contribution in [0.25, 0.3) is 0 Å². The van der Waals surface area contributed by atoms with Gasteiger partial charge in [-0.1, -0.05) is 41.4 Å². The van der Waals surface area contributed by atoms with E-state index in [9.17, 15) is 0 Å². The molecule has 2 nitrogen and oxygen atoms in total. The molecule has 3 rings (SSSR count). The molecule has 0 saturated carbocycles. The van der Waals surface area contributed by atoms with Gasteiger partial charge in [-0.15, -0.1) is 11.3 Å². The van der Waals surface area contributed by atoms with E-state index in [0.29, 0.717) is 17.5 Å². The lowest BCUT2D eigenvalue weighted by atomic mass is 10.1. The zero-order valence-corrected chi connectivity index (χ0v) is 11.5. The van der Waals surface area contributed by atoms with Crippen LogP contribution in [-0.4, -0.2) is 12.5 Å². The number of ether oxygens (including phenoxy) is 1. The van der Waals surface area contributed by atoms with Gasteiger partial charge in [-0.25, -0.2) is 4.99 Å². The third kappa shape index (κ3) is 2.16.